The fraction of sp³-hybridized carbons (Fsp3) is 0.300. The SMILES string of the molecule is OCC1OC(Oc2ccc3ccc4ccc(O)cc4c3c2O)C(O)C(O)C1O. The number of hydrogen-bond acceptors (Lipinski definition) is 8. The van der Waals surface area contributed by atoms with Crippen molar-refractivity contribution in [2.75, 3.05) is 6.61 Å². The highest BCUT2D eigenvalue weighted by atomic mass is 16.7. The van der Waals surface area contributed by atoms with Crippen molar-refractivity contribution in [3.05, 3.63) is 42.5 Å². The van der Waals surface area contributed by atoms with Gasteiger partial charge in [0.25, 0.3) is 0 Å². The zero-order valence-corrected chi connectivity index (χ0v) is 14.6. The van der Waals surface area contributed by atoms with Crippen LogP contribution in [0.4, 0.5) is 0 Å². The summed E-state index contributed by atoms with van der Waals surface area (Å²) in [5.74, 6) is -0.210. The van der Waals surface area contributed by atoms with Crippen LogP contribution in [0.25, 0.3) is 21.5 Å². The zero-order chi connectivity index (χ0) is 20.0. The molecular formula is C20H20O8. The summed E-state index contributed by atoms with van der Waals surface area (Å²) in [6, 6.07) is 11.6. The van der Waals surface area contributed by atoms with Gasteiger partial charge in [0.1, 0.15) is 30.2 Å². The van der Waals surface area contributed by atoms with E-state index in [0.29, 0.717) is 16.2 Å². The molecule has 1 heterocycles. The van der Waals surface area contributed by atoms with Gasteiger partial charge in [-0.15, -0.1) is 0 Å². The normalized spacial score (nSPS) is 27.9. The first-order valence-corrected chi connectivity index (χ1v) is 8.75. The van der Waals surface area contributed by atoms with E-state index in [4.69, 9.17) is 9.47 Å². The molecule has 1 aliphatic rings. The molecule has 0 bridgehead atoms. The van der Waals surface area contributed by atoms with E-state index in [1.165, 1.54) is 12.1 Å². The van der Waals surface area contributed by atoms with E-state index in [9.17, 15) is 30.6 Å². The van der Waals surface area contributed by atoms with Crippen molar-refractivity contribution in [3.63, 3.8) is 0 Å². The largest absolute Gasteiger partial charge is 0.508 e. The summed E-state index contributed by atoms with van der Waals surface area (Å²) >= 11 is 0. The Morgan fingerprint density at radius 2 is 1.54 bits per heavy atom. The number of rotatable bonds is 3. The van der Waals surface area contributed by atoms with Gasteiger partial charge in [-0.3, -0.25) is 0 Å². The van der Waals surface area contributed by atoms with Crippen molar-refractivity contribution in [2.24, 2.45) is 0 Å². The van der Waals surface area contributed by atoms with Gasteiger partial charge in [0.15, 0.2) is 11.5 Å². The molecule has 0 aromatic heterocycles. The minimum absolute atomic E-state index is 0.0207. The van der Waals surface area contributed by atoms with Crippen LogP contribution in [0.3, 0.4) is 0 Å². The zero-order valence-electron chi connectivity index (χ0n) is 14.6. The maximum atomic E-state index is 10.8. The molecule has 5 atom stereocenters. The highest BCUT2D eigenvalue weighted by Crippen LogP contribution is 2.40. The molecule has 1 aliphatic heterocycles. The minimum Gasteiger partial charge on any atom is -0.508 e. The smallest absolute Gasteiger partial charge is 0.229 e. The van der Waals surface area contributed by atoms with Gasteiger partial charge in [-0.1, -0.05) is 24.3 Å². The van der Waals surface area contributed by atoms with Gasteiger partial charge in [0.2, 0.25) is 6.29 Å². The summed E-state index contributed by atoms with van der Waals surface area (Å²) in [7, 11) is 0. The van der Waals surface area contributed by atoms with Gasteiger partial charge < -0.3 is 40.1 Å². The van der Waals surface area contributed by atoms with E-state index in [0.717, 1.165) is 5.39 Å². The predicted octanol–water partition coefficient (Wildman–Crippen LogP) is 0.583. The third-order valence-corrected chi connectivity index (χ3v) is 5.01. The quantitative estimate of drug-likeness (QED) is 0.358. The second kappa shape index (κ2) is 7.08. The van der Waals surface area contributed by atoms with Crippen LogP contribution in [0.5, 0.6) is 17.2 Å². The number of aromatic hydroxyl groups is 2. The van der Waals surface area contributed by atoms with Gasteiger partial charge in [-0.05, 0) is 34.4 Å². The van der Waals surface area contributed by atoms with E-state index in [1.807, 2.05) is 12.1 Å². The molecule has 0 radical (unpaired) electrons. The summed E-state index contributed by atoms with van der Waals surface area (Å²) in [4.78, 5) is 0. The van der Waals surface area contributed by atoms with Crippen molar-refractivity contribution < 1.29 is 40.1 Å². The van der Waals surface area contributed by atoms with Gasteiger partial charge in [0.05, 0.1) is 6.61 Å². The number of hydrogen-bond donors (Lipinski definition) is 6. The molecule has 3 aromatic rings. The number of aliphatic hydroxyl groups excluding tert-OH is 4. The van der Waals surface area contributed by atoms with Crippen LogP contribution in [0.15, 0.2) is 42.5 Å². The van der Waals surface area contributed by atoms with Gasteiger partial charge in [0, 0.05) is 5.39 Å². The lowest BCUT2D eigenvalue weighted by molar-refractivity contribution is -0.277. The van der Waals surface area contributed by atoms with Crippen molar-refractivity contribution in [2.45, 2.75) is 30.7 Å². The first-order chi connectivity index (χ1) is 13.4. The van der Waals surface area contributed by atoms with E-state index in [2.05, 4.69) is 0 Å². The molecule has 5 unspecified atom stereocenters. The number of phenols is 2. The molecule has 6 N–H and O–H groups in total. The van der Waals surface area contributed by atoms with E-state index >= 15 is 0 Å². The molecule has 0 spiro atoms. The molecule has 28 heavy (non-hydrogen) atoms. The Kier molecular flexibility index (Phi) is 4.74. The number of phenolic OH excluding ortho intramolecular Hbond substituents is 2. The fourth-order valence-corrected chi connectivity index (χ4v) is 3.48. The van der Waals surface area contributed by atoms with Crippen molar-refractivity contribution in [1.29, 1.82) is 0 Å². The standard InChI is InChI=1S/C20H20O8/c21-8-14-17(24)18(25)19(26)20(28-14)27-13-6-4-10-2-1-9-3-5-11(22)7-12(9)15(10)16(13)23/h1-7,14,17-26H,8H2. The van der Waals surface area contributed by atoms with Gasteiger partial charge in [-0.25, -0.2) is 0 Å². The Balaban J connectivity index is 1.76. The van der Waals surface area contributed by atoms with E-state index < -0.39 is 37.3 Å². The highest BCUT2D eigenvalue weighted by Gasteiger charge is 2.45. The summed E-state index contributed by atoms with van der Waals surface area (Å²) in [5.41, 5.74) is 0. The summed E-state index contributed by atoms with van der Waals surface area (Å²) < 4.78 is 10.9. The average Bonchev–Trinajstić information content (AvgIpc) is 2.69. The van der Waals surface area contributed by atoms with Crippen molar-refractivity contribution in [3.8, 4) is 17.2 Å². The Morgan fingerprint density at radius 1 is 0.857 bits per heavy atom. The van der Waals surface area contributed by atoms with Crippen LogP contribution in [-0.4, -0.2) is 68.0 Å². The topological polar surface area (TPSA) is 140 Å². The van der Waals surface area contributed by atoms with Crippen LogP contribution in [-0.2, 0) is 4.74 Å². The molecule has 4 rings (SSSR count). The number of aliphatic hydroxyl groups is 4. The predicted molar refractivity (Wildman–Crippen MR) is 99.2 cm³/mol. The fourth-order valence-electron chi connectivity index (χ4n) is 3.48. The van der Waals surface area contributed by atoms with Crippen molar-refractivity contribution in [1.82, 2.24) is 0 Å². The van der Waals surface area contributed by atoms with Crippen LogP contribution in [0.1, 0.15) is 0 Å². The summed E-state index contributed by atoms with van der Waals surface area (Å²) in [5, 5.41) is 62.3. The Labute approximate surface area is 159 Å². The Bertz CT molecular complexity index is 1020. The highest BCUT2D eigenvalue weighted by molar-refractivity contribution is 6.11. The van der Waals surface area contributed by atoms with Crippen LogP contribution in [0.2, 0.25) is 0 Å². The maximum absolute atomic E-state index is 10.8. The molecule has 3 aromatic carbocycles. The minimum atomic E-state index is -1.59. The lowest BCUT2D eigenvalue weighted by Gasteiger charge is -2.39. The van der Waals surface area contributed by atoms with Crippen LogP contribution >= 0.6 is 0 Å². The third-order valence-electron chi connectivity index (χ3n) is 5.01. The number of benzene rings is 3. The Hall–Kier alpha value is -2.62. The molecule has 8 heteroatoms. The second-order valence-electron chi connectivity index (χ2n) is 6.80. The first kappa shape index (κ1) is 18.7. The van der Waals surface area contributed by atoms with E-state index in [-0.39, 0.29) is 17.2 Å². The van der Waals surface area contributed by atoms with Crippen molar-refractivity contribution >= 4 is 21.5 Å². The molecular weight excluding hydrogens is 368 g/mol. The van der Waals surface area contributed by atoms with Gasteiger partial charge in [-0.2, -0.15) is 0 Å². The molecule has 148 valence electrons. The molecule has 1 saturated heterocycles. The molecule has 0 saturated carbocycles. The molecule has 0 amide bonds. The lowest BCUT2D eigenvalue weighted by atomic mass is 9.99. The third kappa shape index (κ3) is 3.01. The summed E-state index contributed by atoms with van der Waals surface area (Å²) in [6.45, 7) is -0.585. The molecule has 1 fully saturated rings. The number of ether oxygens (including phenoxy) is 2. The van der Waals surface area contributed by atoms with Crippen LogP contribution in [0, 0.1) is 0 Å². The second-order valence-corrected chi connectivity index (χ2v) is 6.80. The summed E-state index contributed by atoms with van der Waals surface area (Å²) in [6.07, 6.45) is -7.22. The average molecular weight is 388 g/mol. The molecule has 8 nitrogen and oxygen atoms in total. The lowest BCUT2D eigenvalue weighted by Crippen LogP contribution is -2.60. The van der Waals surface area contributed by atoms with Gasteiger partial charge >= 0.3 is 0 Å². The maximum Gasteiger partial charge on any atom is 0.229 e. The van der Waals surface area contributed by atoms with E-state index in [1.54, 1.807) is 18.2 Å². The Morgan fingerprint density at radius 3 is 2.29 bits per heavy atom. The monoisotopic (exact) mass is 388 g/mol. The first-order valence-electron chi connectivity index (χ1n) is 8.75. The molecule has 0 aliphatic carbocycles. The number of fused-ring (bicyclic) bond motifs is 3. The van der Waals surface area contributed by atoms with Crippen LogP contribution < -0.4 is 4.74 Å².